The van der Waals surface area contributed by atoms with Crippen molar-refractivity contribution >= 4 is 40.3 Å². The minimum atomic E-state index is -0.403. The molecule has 3 aromatic rings. The molecule has 2 N–H and O–H groups in total. The zero-order valence-corrected chi connectivity index (χ0v) is 16.3. The first kappa shape index (κ1) is 17.3. The Labute approximate surface area is 166 Å². The number of carbonyl (C=O) groups excluding carboxylic acids is 2. The number of fused-ring (bicyclic) bond motifs is 2. The van der Waals surface area contributed by atoms with Crippen LogP contribution >= 0.6 is 11.8 Å². The Kier molecular flexibility index (Phi) is 3.94. The molecule has 2 amide bonds. The Bertz CT molecular complexity index is 1040. The van der Waals surface area contributed by atoms with Gasteiger partial charge >= 0.3 is 0 Å². The van der Waals surface area contributed by atoms with E-state index in [1.54, 1.807) is 16.7 Å². The number of thioether (sulfide) groups is 1. The second kappa shape index (κ2) is 6.38. The molecule has 3 heterocycles. The topological polar surface area (TPSA) is 78.1 Å². The third kappa shape index (κ3) is 2.77. The molecule has 0 saturated carbocycles. The van der Waals surface area contributed by atoms with Gasteiger partial charge in [-0.3, -0.25) is 9.59 Å². The largest absolute Gasteiger partial charge is 0.338 e. The Morgan fingerprint density at radius 3 is 2.82 bits per heavy atom. The Morgan fingerprint density at radius 2 is 2.04 bits per heavy atom. The van der Waals surface area contributed by atoms with Crippen LogP contribution in [-0.4, -0.2) is 43.3 Å². The summed E-state index contributed by atoms with van der Waals surface area (Å²) < 4.78 is 0. The molecule has 2 atom stereocenters. The van der Waals surface area contributed by atoms with E-state index in [9.17, 15) is 9.59 Å². The Hall–Kier alpha value is -2.80. The molecule has 6 nitrogen and oxygen atoms in total. The molecule has 0 bridgehead atoms. The Balaban J connectivity index is 1.32. The number of nitrogens with zero attached hydrogens (tertiary/aromatic N) is 2. The average molecular weight is 392 g/mol. The predicted octanol–water partition coefficient (Wildman–Crippen LogP) is 3.62. The minimum Gasteiger partial charge on any atom is -0.338 e. The van der Waals surface area contributed by atoms with Gasteiger partial charge in [-0.05, 0) is 49.7 Å². The minimum absolute atomic E-state index is 0.0767. The van der Waals surface area contributed by atoms with Crippen LogP contribution in [0.3, 0.4) is 0 Å². The average Bonchev–Trinajstić information content (AvgIpc) is 3.35. The summed E-state index contributed by atoms with van der Waals surface area (Å²) in [5.74, 6) is 1.39. The molecule has 0 spiro atoms. The molecule has 2 fully saturated rings. The monoisotopic (exact) mass is 392 g/mol. The second-order valence-corrected chi connectivity index (χ2v) is 8.94. The fourth-order valence-electron chi connectivity index (χ4n) is 4.04. The molecule has 0 aliphatic carbocycles. The molecule has 2 saturated heterocycles. The van der Waals surface area contributed by atoms with Crippen LogP contribution in [0.25, 0.3) is 22.4 Å². The molecular weight excluding hydrogens is 372 g/mol. The van der Waals surface area contributed by atoms with Gasteiger partial charge in [0, 0.05) is 23.4 Å². The lowest BCUT2D eigenvalue weighted by Gasteiger charge is -2.29. The van der Waals surface area contributed by atoms with Gasteiger partial charge in [-0.25, -0.2) is 4.98 Å². The zero-order chi connectivity index (χ0) is 19.3. The number of hydrogen-bond acceptors (Lipinski definition) is 4. The number of H-pyrrole nitrogens is 1. The van der Waals surface area contributed by atoms with Crippen LogP contribution in [0.1, 0.15) is 19.8 Å². The number of aromatic nitrogens is 2. The summed E-state index contributed by atoms with van der Waals surface area (Å²) in [5, 5.41) is 2.96. The first-order valence-corrected chi connectivity index (χ1v) is 10.3. The highest BCUT2D eigenvalue weighted by molar-refractivity contribution is 8.01. The normalized spacial score (nSPS) is 24.0. The maximum Gasteiger partial charge on any atom is 0.248 e. The molecule has 28 heavy (non-hydrogen) atoms. The van der Waals surface area contributed by atoms with Crippen molar-refractivity contribution in [3.05, 3.63) is 48.5 Å². The fraction of sp³-hybridized carbons (Fsp3) is 0.286. The third-order valence-electron chi connectivity index (χ3n) is 5.56. The van der Waals surface area contributed by atoms with E-state index in [2.05, 4.69) is 22.2 Å². The van der Waals surface area contributed by atoms with E-state index >= 15 is 0 Å². The summed E-state index contributed by atoms with van der Waals surface area (Å²) in [4.78, 5) is 34.5. The van der Waals surface area contributed by atoms with Gasteiger partial charge in [-0.2, -0.15) is 0 Å². The first-order chi connectivity index (χ1) is 13.5. The number of anilines is 1. The number of imidazole rings is 1. The maximum atomic E-state index is 12.8. The molecule has 142 valence electrons. The quantitative estimate of drug-likeness (QED) is 0.714. The highest BCUT2D eigenvalue weighted by atomic mass is 32.2. The molecule has 7 heteroatoms. The van der Waals surface area contributed by atoms with E-state index in [-0.39, 0.29) is 16.7 Å². The van der Waals surface area contributed by atoms with E-state index in [4.69, 9.17) is 0 Å². The van der Waals surface area contributed by atoms with Crippen molar-refractivity contribution in [3.63, 3.8) is 0 Å². The summed E-state index contributed by atoms with van der Waals surface area (Å²) >= 11 is 1.70. The Morgan fingerprint density at radius 1 is 1.25 bits per heavy atom. The van der Waals surface area contributed by atoms with Gasteiger partial charge in [0.25, 0.3) is 0 Å². The molecule has 1 aromatic heterocycles. The molecule has 2 aliphatic heterocycles. The zero-order valence-electron chi connectivity index (χ0n) is 15.4. The smallest absolute Gasteiger partial charge is 0.248 e. The van der Waals surface area contributed by atoms with E-state index in [0.29, 0.717) is 12.2 Å². The number of rotatable bonds is 3. The van der Waals surface area contributed by atoms with Crippen LogP contribution in [0.4, 0.5) is 5.69 Å². The van der Waals surface area contributed by atoms with Crippen molar-refractivity contribution in [1.29, 1.82) is 0 Å². The number of carbonyl (C=O) groups is 2. The van der Waals surface area contributed by atoms with Crippen LogP contribution in [0.2, 0.25) is 0 Å². The lowest BCUT2D eigenvalue weighted by atomic mass is 10.1. The molecule has 0 radical (unpaired) electrons. The molecule has 2 aromatic carbocycles. The van der Waals surface area contributed by atoms with Gasteiger partial charge in [-0.1, -0.05) is 12.1 Å². The number of nitrogens with one attached hydrogen (secondary N) is 2. The van der Waals surface area contributed by atoms with Gasteiger partial charge in [0.15, 0.2) is 0 Å². The summed E-state index contributed by atoms with van der Waals surface area (Å²) in [6.45, 7) is 2.05. The van der Waals surface area contributed by atoms with Crippen molar-refractivity contribution in [1.82, 2.24) is 14.9 Å². The third-order valence-corrected chi connectivity index (χ3v) is 7.07. The van der Waals surface area contributed by atoms with Crippen molar-refractivity contribution in [3.8, 4) is 11.4 Å². The van der Waals surface area contributed by atoms with E-state index < -0.39 is 6.04 Å². The predicted molar refractivity (Wildman–Crippen MR) is 111 cm³/mol. The van der Waals surface area contributed by atoms with Crippen LogP contribution in [0.5, 0.6) is 0 Å². The highest BCUT2D eigenvalue weighted by Gasteiger charge is 2.52. The summed E-state index contributed by atoms with van der Waals surface area (Å²) in [6.07, 6.45) is 1.34. The van der Waals surface area contributed by atoms with Crippen LogP contribution < -0.4 is 5.32 Å². The van der Waals surface area contributed by atoms with Gasteiger partial charge in [0.1, 0.15) is 11.9 Å². The summed E-state index contributed by atoms with van der Waals surface area (Å²) in [5.41, 5.74) is 3.59. The van der Waals surface area contributed by atoms with Crippen molar-refractivity contribution in [2.75, 3.05) is 11.1 Å². The highest BCUT2D eigenvalue weighted by Crippen LogP contribution is 2.47. The van der Waals surface area contributed by atoms with Gasteiger partial charge < -0.3 is 15.2 Å². The number of benzene rings is 2. The van der Waals surface area contributed by atoms with Crippen LogP contribution in [-0.2, 0) is 9.59 Å². The number of para-hydroxylation sites is 2. The fourth-order valence-corrected chi connectivity index (χ4v) is 5.47. The molecule has 2 aliphatic rings. The lowest BCUT2D eigenvalue weighted by molar-refractivity contribution is -0.135. The number of hydrogen-bond donors (Lipinski definition) is 2. The summed E-state index contributed by atoms with van der Waals surface area (Å²) in [6, 6.07) is 15.1. The van der Waals surface area contributed by atoms with Crippen molar-refractivity contribution in [2.45, 2.75) is 30.7 Å². The van der Waals surface area contributed by atoms with Crippen molar-refractivity contribution < 1.29 is 9.59 Å². The molecule has 2 unspecified atom stereocenters. The van der Waals surface area contributed by atoms with Gasteiger partial charge in [0.2, 0.25) is 11.8 Å². The molecular formula is C21H20N4O2S. The first-order valence-electron chi connectivity index (χ1n) is 9.36. The van der Waals surface area contributed by atoms with E-state index in [0.717, 1.165) is 34.5 Å². The van der Waals surface area contributed by atoms with Crippen molar-refractivity contribution in [2.24, 2.45) is 0 Å². The second-order valence-electron chi connectivity index (χ2n) is 7.43. The van der Waals surface area contributed by atoms with Crippen LogP contribution in [0, 0.1) is 0 Å². The summed E-state index contributed by atoms with van der Waals surface area (Å²) in [7, 11) is 0. The SMILES string of the molecule is CC12CCC(=O)N1C(C(=O)Nc1ccc(-c3nc4ccccc4[nH]3)cc1)CS2. The van der Waals surface area contributed by atoms with Gasteiger partial charge in [-0.15, -0.1) is 11.8 Å². The van der Waals surface area contributed by atoms with Gasteiger partial charge in [0.05, 0.1) is 15.9 Å². The van der Waals surface area contributed by atoms with Crippen LogP contribution in [0.15, 0.2) is 48.5 Å². The molecule has 5 rings (SSSR count). The standard InChI is InChI=1S/C21H20N4O2S/c1-21-11-10-18(26)25(21)17(12-28-21)20(27)22-14-8-6-13(7-9-14)19-23-15-4-2-3-5-16(15)24-19/h2-9,17H,10-12H2,1H3,(H,22,27)(H,23,24). The van der Waals surface area contributed by atoms with E-state index in [1.807, 2.05) is 48.5 Å². The lowest BCUT2D eigenvalue weighted by Crippen LogP contribution is -2.48. The number of aromatic amines is 1. The maximum absolute atomic E-state index is 12.8. The number of amides is 2. The van der Waals surface area contributed by atoms with E-state index in [1.165, 1.54) is 0 Å².